The molecule has 118 valence electrons. The van der Waals surface area contributed by atoms with Crippen molar-refractivity contribution < 1.29 is 9.59 Å². The van der Waals surface area contributed by atoms with Crippen molar-refractivity contribution in [2.75, 3.05) is 16.8 Å². The van der Waals surface area contributed by atoms with Crippen LogP contribution in [0.2, 0.25) is 10.0 Å². The minimum absolute atomic E-state index is 0.0912. The van der Waals surface area contributed by atoms with Crippen LogP contribution in [0.1, 0.15) is 6.42 Å². The third-order valence-electron chi connectivity index (χ3n) is 3.61. The van der Waals surface area contributed by atoms with Crippen LogP contribution in [0.5, 0.6) is 0 Å². The lowest BCUT2D eigenvalue weighted by atomic mass is 10.1. The number of carbonyl (C=O) groups excluding carboxylic acids is 2. The molecular formula is C16H13Cl2N3O2. The van der Waals surface area contributed by atoms with E-state index in [9.17, 15) is 9.59 Å². The van der Waals surface area contributed by atoms with E-state index in [4.69, 9.17) is 23.2 Å². The first kappa shape index (κ1) is 15.8. The highest BCUT2D eigenvalue weighted by atomic mass is 35.5. The highest BCUT2D eigenvalue weighted by Crippen LogP contribution is 2.27. The zero-order valence-corrected chi connectivity index (χ0v) is 13.5. The van der Waals surface area contributed by atoms with Crippen LogP contribution in [0.25, 0.3) is 0 Å². The van der Waals surface area contributed by atoms with Crippen LogP contribution in [0.4, 0.5) is 11.5 Å². The summed E-state index contributed by atoms with van der Waals surface area (Å²) in [6, 6.07) is 10.1. The van der Waals surface area contributed by atoms with Crippen LogP contribution >= 0.6 is 23.2 Å². The van der Waals surface area contributed by atoms with E-state index in [-0.39, 0.29) is 18.2 Å². The molecule has 2 amide bonds. The SMILES string of the molecule is O=C(Nc1cc(Cl)ccn1)C1CC(=O)N(c2ccc(Cl)cc2)C1. The monoisotopic (exact) mass is 349 g/mol. The molecule has 0 spiro atoms. The van der Waals surface area contributed by atoms with Crippen LogP contribution in [-0.4, -0.2) is 23.3 Å². The fraction of sp³-hybridized carbons (Fsp3) is 0.188. The van der Waals surface area contributed by atoms with Crippen LogP contribution in [-0.2, 0) is 9.59 Å². The van der Waals surface area contributed by atoms with Gasteiger partial charge in [0.05, 0.1) is 5.92 Å². The van der Waals surface area contributed by atoms with Gasteiger partial charge in [0, 0.05) is 34.9 Å². The summed E-state index contributed by atoms with van der Waals surface area (Å²) >= 11 is 11.7. The van der Waals surface area contributed by atoms with Gasteiger partial charge in [0.25, 0.3) is 0 Å². The first-order chi connectivity index (χ1) is 11.0. The molecule has 1 aromatic heterocycles. The number of nitrogens with one attached hydrogen (secondary N) is 1. The predicted molar refractivity (Wildman–Crippen MR) is 89.8 cm³/mol. The number of pyridine rings is 1. The van der Waals surface area contributed by atoms with Gasteiger partial charge in [-0.3, -0.25) is 9.59 Å². The molecule has 1 N–H and O–H groups in total. The zero-order chi connectivity index (χ0) is 16.4. The summed E-state index contributed by atoms with van der Waals surface area (Å²) in [5.74, 6) is -0.394. The molecule has 2 heterocycles. The zero-order valence-electron chi connectivity index (χ0n) is 12.0. The molecule has 23 heavy (non-hydrogen) atoms. The van der Waals surface area contributed by atoms with Gasteiger partial charge in [-0.05, 0) is 36.4 Å². The molecule has 0 saturated carbocycles. The van der Waals surface area contributed by atoms with E-state index in [1.807, 2.05) is 0 Å². The van der Waals surface area contributed by atoms with Gasteiger partial charge in [0.15, 0.2) is 0 Å². The number of nitrogens with zero attached hydrogens (tertiary/aromatic N) is 2. The van der Waals surface area contributed by atoms with E-state index in [1.54, 1.807) is 41.3 Å². The molecule has 0 radical (unpaired) electrons. The quantitative estimate of drug-likeness (QED) is 0.923. The van der Waals surface area contributed by atoms with E-state index in [2.05, 4.69) is 10.3 Å². The largest absolute Gasteiger partial charge is 0.312 e. The normalized spacial score (nSPS) is 17.4. The number of halogens is 2. The van der Waals surface area contributed by atoms with E-state index < -0.39 is 5.92 Å². The van der Waals surface area contributed by atoms with Crippen molar-refractivity contribution >= 4 is 46.5 Å². The number of carbonyl (C=O) groups is 2. The van der Waals surface area contributed by atoms with Gasteiger partial charge < -0.3 is 10.2 Å². The second-order valence-corrected chi connectivity index (χ2v) is 6.10. The van der Waals surface area contributed by atoms with Crippen LogP contribution in [0, 0.1) is 5.92 Å². The minimum Gasteiger partial charge on any atom is -0.312 e. The number of amides is 2. The van der Waals surface area contributed by atoms with E-state index >= 15 is 0 Å². The molecule has 0 aliphatic carbocycles. The molecular weight excluding hydrogens is 337 g/mol. The number of rotatable bonds is 3. The second-order valence-electron chi connectivity index (χ2n) is 5.23. The Morgan fingerprint density at radius 2 is 1.91 bits per heavy atom. The van der Waals surface area contributed by atoms with Gasteiger partial charge in [-0.1, -0.05) is 23.2 Å². The van der Waals surface area contributed by atoms with Gasteiger partial charge in [-0.25, -0.2) is 4.98 Å². The molecule has 0 bridgehead atoms. The smallest absolute Gasteiger partial charge is 0.230 e. The lowest BCUT2D eigenvalue weighted by Gasteiger charge is -2.16. The van der Waals surface area contributed by atoms with Crippen molar-refractivity contribution in [2.45, 2.75) is 6.42 Å². The molecule has 1 aliphatic rings. The Morgan fingerprint density at radius 3 is 2.61 bits per heavy atom. The van der Waals surface area contributed by atoms with Gasteiger partial charge in [-0.2, -0.15) is 0 Å². The average molecular weight is 350 g/mol. The Bertz CT molecular complexity index is 749. The van der Waals surface area contributed by atoms with Crippen molar-refractivity contribution in [3.8, 4) is 0 Å². The highest BCUT2D eigenvalue weighted by molar-refractivity contribution is 6.31. The van der Waals surface area contributed by atoms with Gasteiger partial charge in [-0.15, -0.1) is 0 Å². The Hall–Kier alpha value is -2.11. The van der Waals surface area contributed by atoms with Crippen molar-refractivity contribution in [2.24, 2.45) is 5.92 Å². The molecule has 1 aliphatic heterocycles. The highest BCUT2D eigenvalue weighted by Gasteiger charge is 2.35. The van der Waals surface area contributed by atoms with E-state index in [1.165, 1.54) is 6.20 Å². The molecule has 1 saturated heterocycles. The van der Waals surface area contributed by atoms with Gasteiger partial charge >= 0.3 is 0 Å². The molecule has 3 rings (SSSR count). The molecule has 2 aromatic rings. The van der Waals surface area contributed by atoms with E-state index in [0.717, 1.165) is 5.69 Å². The number of hydrogen-bond acceptors (Lipinski definition) is 3. The Kier molecular flexibility index (Phi) is 4.50. The van der Waals surface area contributed by atoms with Crippen molar-refractivity contribution in [1.29, 1.82) is 0 Å². The summed E-state index contributed by atoms with van der Waals surface area (Å²) in [7, 11) is 0. The number of benzene rings is 1. The summed E-state index contributed by atoms with van der Waals surface area (Å²) in [5, 5.41) is 3.78. The van der Waals surface area contributed by atoms with Crippen LogP contribution < -0.4 is 10.2 Å². The number of aromatic nitrogens is 1. The van der Waals surface area contributed by atoms with E-state index in [0.29, 0.717) is 22.4 Å². The third kappa shape index (κ3) is 3.63. The first-order valence-electron chi connectivity index (χ1n) is 7.01. The fourth-order valence-corrected chi connectivity index (χ4v) is 2.74. The summed E-state index contributed by atoms with van der Waals surface area (Å²) in [6.45, 7) is 0.326. The molecule has 1 atom stereocenters. The lowest BCUT2D eigenvalue weighted by Crippen LogP contribution is -2.28. The van der Waals surface area contributed by atoms with Crippen molar-refractivity contribution in [3.63, 3.8) is 0 Å². The summed E-state index contributed by atoms with van der Waals surface area (Å²) < 4.78 is 0. The molecule has 1 fully saturated rings. The number of anilines is 2. The predicted octanol–water partition coefficient (Wildman–Crippen LogP) is 3.38. The molecule has 1 aromatic carbocycles. The maximum Gasteiger partial charge on any atom is 0.230 e. The standard InChI is InChI=1S/C16H13Cl2N3O2/c17-11-1-3-13(4-2-11)21-9-10(7-15(21)22)16(23)20-14-8-12(18)5-6-19-14/h1-6,8,10H,7,9H2,(H,19,20,23). The topological polar surface area (TPSA) is 62.3 Å². The summed E-state index contributed by atoms with van der Waals surface area (Å²) in [6.07, 6.45) is 1.67. The minimum atomic E-state index is -0.432. The summed E-state index contributed by atoms with van der Waals surface area (Å²) in [4.78, 5) is 30.1. The van der Waals surface area contributed by atoms with Crippen LogP contribution in [0.15, 0.2) is 42.6 Å². The van der Waals surface area contributed by atoms with Crippen LogP contribution in [0.3, 0.4) is 0 Å². The Balaban J connectivity index is 1.69. The third-order valence-corrected chi connectivity index (χ3v) is 4.09. The molecule has 5 nitrogen and oxygen atoms in total. The maximum absolute atomic E-state index is 12.3. The van der Waals surface area contributed by atoms with Gasteiger partial charge in [0.2, 0.25) is 11.8 Å². The fourth-order valence-electron chi connectivity index (χ4n) is 2.46. The average Bonchev–Trinajstić information content (AvgIpc) is 2.90. The Labute approximate surface area is 143 Å². The molecule has 1 unspecified atom stereocenters. The maximum atomic E-state index is 12.3. The first-order valence-corrected chi connectivity index (χ1v) is 7.77. The van der Waals surface area contributed by atoms with Crippen molar-refractivity contribution in [1.82, 2.24) is 4.98 Å². The lowest BCUT2D eigenvalue weighted by molar-refractivity contribution is -0.122. The van der Waals surface area contributed by atoms with Crippen molar-refractivity contribution in [3.05, 3.63) is 52.6 Å². The second kappa shape index (κ2) is 6.56. The number of hydrogen-bond donors (Lipinski definition) is 1. The van der Waals surface area contributed by atoms with Gasteiger partial charge in [0.1, 0.15) is 5.82 Å². The Morgan fingerprint density at radius 1 is 1.17 bits per heavy atom. The summed E-state index contributed by atoms with van der Waals surface area (Å²) in [5.41, 5.74) is 0.732. The molecule has 7 heteroatoms.